The van der Waals surface area contributed by atoms with Gasteiger partial charge in [-0.3, -0.25) is 9.36 Å². The van der Waals surface area contributed by atoms with Crippen LogP contribution in [0.15, 0.2) is 23.0 Å². The standard InChI is InChI=1S/C23H27ClN4O4/c24-16-2-1-3-17-18(16)28(21(30)26-17)15-4-5-27(11-15)22(31)32-19-13-6-12-7-14(19)10-23(8-12,9-13)20(25)29/h1-3,12-15,19H,4-11H2,(H2,25,29)(H,26,30)/t12?,13?,14?,15-,19?,23?/m1/s1. The van der Waals surface area contributed by atoms with E-state index in [1.165, 1.54) is 0 Å². The highest BCUT2D eigenvalue weighted by Crippen LogP contribution is 2.60. The fraction of sp³-hybridized carbons (Fsp3) is 0.609. The second-order valence-corrected chi connectivity index (χ2v) is 10.7. The summed E-state index contributed by atoms with van der Waals surface area (Å²) in [6, 6.07) is 5.24. The molecule has 1 aromatic heterocycles. The lowest BCUT2D eigenvalue weighted by Gasteiger charge is -2.58. The van der Waals surface area contributed by atoms with E-state index < -0.39 is 5.41 Å². The lowest BCUT2D eigenvalue weighted by atomic mass is 9.48. The number of nitrogens with one attached hydrogen (secondary N) is 1. The predicted octanol–water partition coefficient (Wildman–Crippen LogP) is 3.05. The van der Waals surface area contributed by atoms with Crippen LogP contribution in [0, 0.1) is 23.2 Å². The molecule has 2 heterocycles. The first-order valence-electron chi connectivity index (χ1n) is 11.5. The maximum atomic E-state index is 13.1. The highest BCUT2D eigenvalue weighted by molar-refractivity contribution is 6.34. The molecule has 8 nitrogen and oxygen atoms in total. The quantitative estimate of drug-likeness (QED) is 0.736. The number of benzene rings is 1. The molecule has 2 unspecified atom stereocenters. The van der Waals surface area contributed by atoms with Crippen LogP contribution in [0.2, 0.25) is 5.02 Å². The number of fused-ring (bicyclic) bond motifs is 1. The minimum absolute atomic E-state index is 0.143. The van der Waals surface area contributed by atoms with E-state index in [2.05, 4.69) is 4.98 Å². The van der Waals surface area contributed by atoms with E-state index in [-0.39, 0.29) is 41.7 Å². The number of likely N-dealkylation sites (tertiary alicyclic amines) is 1. The number of aromatic amines is 1. The number of hydrogen-bond donors (Lipinski definition) is 2. The molecule has 1 saturated heterocycles. The van der Waals surface area contributed by atoms with Gasteiger partial charge in [0.2, 0.25) is 5.91 Å². The smallest absolute Gasteiger partial charge is 0.410 e. The first-order chi connectivity index (χ1) is 15.3. The average molecular weight is 459 g/mol. The van der Waals surface area contributed by atoms with Gasteiger partial charge in [-0.25, -0.2) is 9.59 Å². The van der Waals surface area contributed by atoms with Crippen molar-refractivity contribution in [2.75, 3.05) is 13.1 Å². The summed E-state index contributed by atoms with van der Waals surface area (Å²) >= 11 is 6.37. The summed E-state index contributed by atoms with van der Waals surface area (Å²) in [5, 5.41) is 0.513. The van der Waals surface area contributed by atoms with Crippen molar-refractivity contribution in [1.29, 1.82) is 0 Å². The second kappa shape index (κ2) is 7.01. The number of amides is 2. The van der Waals surface area contributed by atoms with Crippen LogP contribution >= 0.6 is 11.6 Å². The van der Waals surface area contributed by atoms with E-state index in [0.29, 0.717) is 41.5 Å². The summed E-state index contributed by atoms with van der Waals surface area (Å²) in [5.41, 5.74) is 6.53. The predicted molar refractivity (Wildman–Crippen MR) is 118 cm³/mol. The van der Waals surface area contributed by atoms with Gasteiger partial charge in [0.25, 0.3) is 0 Å². The number of imidazole rings is 1. The van der Waals surface area contributed by atoms with Crippen LogP contribution in [0.25, 0.3) is 11.0 Å². The summed E-state index contributed by atoms with van der Waals surface area (Å²) in [5.74, 6) is 0.758. The number of nitrogens with two attached hydrogens (primary N) is 1. The van der Waals surface area contributed by atoms with Gasteiger partial charge < -0.3 is 20.4 Å². The van der Waals surface area contributed by atoms with Gasteiger partial charge >= 0.3 is 11.8 Å². The molecular weight excluding hydrogens is 432 g/mol. The van der Waals surface area contributed by atoms with Gasteiger partial charge in [-0.1, -0.05) is 17.7 Å². The number of carbonyl (C=O) groups excluding carboxylic acids is 2. The third-order valence-corrected chi connectivity index (χ3v) is 8.73. The zero-order valence-corrected chi connectivity index (χ0v) is 18.5. The van der Waals surface area contributed by atoms with E-state index in [4.69, 9.17) is 22.1 Å². The Morgan fingerprint density at radius 2 is 1.94 bits per heavy atom. The van der Waals surface area contributed by atoms with Crippen LogP contribution in [0.5, 0.6) is 0 Å². The van der Waals surface area contributed by atoms with Gasteiger partial charge in [0.15, 0.2) is 0 Å². The molecule has 1 aliphatic heterocycles. The molecule has 4 saturated carbocycles. The molecular formula is C23H27ClN4O4. The van der Waals surface area contributed by atoms with Gasteiger partial charge in [-0.2, -0.15) is 0 Å². The zero-order chi connectivity index (χ0) is 22.2. The largest absolute Gasteiger partial charge is 0.446 e. The number of halogens is 1. The molecule has 170 valence electrons. The molecule has 0 radical (unpaired) electrons. The van der Waals surface area contributed by atoms with Crippen molar-refractivity contribution in [3.05, 3.63) is 33.7 Å². The number of primary amides is 1. The molecule has 32 heavy (non-hydrogen) atoms. The molecule has 5 fully saturated rings. The topological polar surface area (TPSA) is 110 Å². The van der Waals surface area contributed by atoms with Crippen molar-refractivity contribution in [2.45, 2.75) is 50.7 Å². The normalized spacial score (nSPS) is 35.5. The van der Waals surface area contributed by atoms with Crippen molar-refractivity contribution in [1.82, 2.24) is 14.5 Å². The Labute approximate surface area is 190 Å². The lowest BCUT2D eigenvalue weighted by molar-refractivity contribution is -0.161. The van der Waals surface area contributed by atoms with Crippen molar-refractivity contribution < 1.29 is 14.3 Å². The SMILES string of the molecule is NC(=O)C12CC3CC(C1)C(OC(=O)N1CC[C@@H](n4c(=O)[nH]c5cccc(Cl)c54)C1)C(C3)C2. The number of para-hydroxylation sites is 1. The highest BCUT2D eigenvalue weighted by atomic mass is 35.5. The molecule has 4 bridgehead atoms. The summed E-state index contributed by atoms with van der Waals surface area (Å²) in [6.07, 6.45) is 4.58. The number of nitrogens with zero attached hydrogens (tertiary/aromatic N) is 2. The molecule has 5 aliphatic rings. The van der Waals surface area contributed by atoms with Crippen molar-refractivity contribution >= 4 is 34.6 Å². The van der Waals surface area contributed by atoms with Crippen LogP contribution in [-0.4, -0.2) is 45.6 Å². The molecule has 3 N–H and O–H groups in total. The Bertz CT molecular complexity index is 1160. The Morgan fingerprint density at radius 1 is 1.19 bits per heavy atom. The first kappa shape index (κ1) is 20.1. The maximum absolute atomic E-state index is 13.1. The minimum Gasteiger partial charge on any atom is -0.446 e. The van der Waals surface area contributed by atoms with Gasteiger partial charge in [-0.15, -0.1) is 0 Å². The van der Waals surface area contributed by atoms with Crippen molar-refractivity contribution in [3.63, 3.8) is 0 Å². The third kappa shape index (κ3) is 2.91. The van der Waals surface area contributed by atoms with E-state index in [9.17, 15) is 14.4 Å². The van der Waals surface area contributed by atoms with Crippen molar-refractivity contribution in [2.24, 2.45) is 28.9 Å². The fourth-order valence-corrected chi connectivity index (χ4v) is 7.53. The molecule has 2 amide bonds. The summed E-state index contributed by atoms with van der Waals surface area (Å²) in [4.78, 5) is 42.4. The number of carbonyl (C=O) groups is 2. The van der Waals surface area contributed by atoms with Crippen LogP contribution in [0.4, 0.5) is 4.79 Å². The molecule has 0 spiro atoms. The molecule has 7 rings (SSSR count). The van der Waals surface area contributed by atoms with Gasteiger partial charge in [0.05, 0.1) is 27.5 Å². The maximum Gasteiger partial charge on any atom is 0.410 e. The van der Waals surface area contributed by atoms with Crippen LogP contribution in [0.3, 0.4) is 0 Å². The number of hydrogen-bond acceptors (Lipinski definition) is 4. The summed E-state index contributed by atoms with van der Waals surface area (Å²) in [6.45, 7) is 0.940. The molecule has 1 aromatic carbocycles. The van der Waals surface area contributed by atoms with E-state index >= 15 is 0 Å². The number of H-pyrrole nitrogens is 1. The lowest BCUT2D eigenvalue weighted by Crippen LogP contribution is -2.59. The van der Waals surface area contributed by atoms with Gasteiger partial charge in [0.1, 0.15) is 6.10 Å². The van der Waals surface area contributed by atoms with E-state index in [1.807, 2.05) is 6.07 Å². The fourth-order valence-electron chi connectivity index (χ4n) is 7.27. The van der Waals surface area contributed by atoms with Crippen LogP contribution < -0.4 is 11.4 Å². The van der Waals surface area contributed by atoms with E-state index in [1.54, 1.807) is 21.6 Å². The van der Waals surface area contributed by atoms with Crippen molar-refractivity contribution in [3.8, 4) is 0 Å². The highest BCUT2D eigenvalue weighted by Gasteiger charge is 2.59. The monoisotopic (exact) mass is 458 g/mol. The molecule has 3 atom stereocenters. The van der Waals surface area contributed by atoms with E-state index in [0.717, 1.165) is 32.1 Å². The molecule has 9 heteroatoms. The van der Waals surface area contributed by atoms with Crippen LogP contribution in [0.1, 0.15) is 44.6 Å². The number of aromatic nitrogens is 2. The Hall–Kier alpha value is -2.48. The summed E-state index contributed by atoms with van der Waals surface area (Å²) < 4.78 is 7.73. The Morgan fingerprint density at radius 3 is 2.66 bits per heavy atom. The summed E-state index contributed by atoms with van der Waals surface area (Å²) in [7, 11) is 0. The van der Waals surface area contributed by atoms with Gasteiger partial charge in [-0.05, 0) is 68.4 Å². The number of rotatable bonds is 3. The molecule has 4 aliphatic carbocycles. The first-order valence-corrected chi connectivity index (χ1v) is 11.9. The zero-order valence-electron chi connectivity index (χ0n) is 17.8. The minimum atomic E-state index is -0.395. The van der Waals surface area contributed by atoms with Crippen LogP contribution in [-0.2, 0) is 9.53 Å². The Balaban J connectivity index is 1.17. The van der Waals surface area contributed by atoms with Gasteiger partial charge in [0, 0.05) is 13.1 Å². The number of ether oxygens (including phenoxy) is 1. The average Bonchev–Trinajstić information content (AvgIpc) is 3.34. The second-order valence-electron chi connectivity index (χ2n) is 10.3. The third-order valence-electron chi connectivity index (χ3n) is 8.42. The molecule has 2 aromatic rings. The Kier molecular flexibility index (Phi) is 4.41.